The molecule has 15 heavy (non-hydrogen) atoms. The number of likely N-dealkylation sites (tertiary alicyclic amines) is 1. The van der Waals surface area contributed by atoms with Gasteiger partial charge in [0.15, 0.2) is 0 Å². The van der Waals surface area contributed by atoms with Gasteiger partial charge in [-0.1, -0.05) is 13.3 Å². The number of carbonyl (C=O) groups excluding carboxylic acids is 1. The molecule has 0 aromatic heterocycles. The standard InChI is InChI=1S/C11H23N3O/c1-3-13-8-10-6-4-5-7-14(10)9-11(15)12-2/h10,13H,3-9H2,1-2H3,(H,12,15). The third-order valence-electron chi connectivity index (χ3n) is 3.00. The smallest absolute Gasteiger partial charge is 0.233 e. The van der Waals surface area contributed by atoms with E-state index in [0.29, 0.717) is 12.6 Å². The number of likely N-dealkylation sites (N-methyl/N-ethyl adjacent to an activating group) is 2. The molecule has 1 heterocycles. The van der Waals surface area contributed by atoms with Crippen molar-refractivity contribution in [3.63, 3.8) is 0 Å². The van der Waals surface area contributed by atoms with Crippen LogP contribution in [0.1, 0.15) is 26.2 Å². The maximum Gasteiger partial charge on any atom is 0.233 e. The van der Waals surface area contributed by atoms with Crippen LogP contribution in [0.5, 0.6) is 0 Å². The molecule has 0 aromatic rings. The van der Waals surface area contributed by atoms with Crippen molar-refractivity contribution in [3.8, 4) is 0 Å². The van der Waals surface area contributed by atoms with E-state index in [1.165, 1.54) is 19.3 Å². The van der Waals surface area contributed by atoms with Crippen LogP contribution in [-0.2, 0) is 4.79 Å². The van der Waals surface area contributed by atoms with Gasteiger partial charge >= 0.3 is 0 Å². The van der Waals surface area contributed by atoms with E-state index in [1.807, 2.05) is 0 Å². The van der Waals surface area contributed by atoms with Crippen LogP contribution < -0.4 is 10.6 Å². The Morgan fingerprint density at radius 2 is 2.27 bits per heavy atom. The van der Waals surface area contributed by atoms with Gasteiger partial charge in [-0.05, 0) is 25.9 Å². The van der Waals surface area contributed by atoms with E-state index < -0.39 is 0 Å². The van der Waals surface area contributed by atoms with E-state index in [0.717, 1.165) is 19.6 Å². The Morgan fingerprint density at radius 3 is 2.93 bits per heavy atom. The average Bonchev–Trinajstić information content (AvgIpc) is 2.28. The summed E-state index contributed by atoms with van der Waals surface area (Å²) in [5.41, 5.74) is 0. The van der Waals surface area contributed by atoms with Gasteiger partial charge in [0.25, 0.3) is 0 Å². The fraction of sp³-hybridized carbons (Fsp3) is 0.909. The Labute approximate surface area is 92.4 Å². The second-order valence-electron chi connectivity index (χ2n) is 4.10. The third kappa shape index (κ3) is 4.18. The Morgan fingerprint density at radius 1 is 1.47 bits per heavy atom. The molecule has 1 rings (SSSR count). The van der Waals surface area contributed by atoms with Crippen LogP contribution in [0, 0.1) is 0 Å². The molecule has 4 heteroatoms. The molecule has 0 aliphatic carbocycles. The SMILES string of the molecule is CCNCC1CCCCN1CC(=O)NC. The predicted octanol–water partition coefficient (Wildman–Crippen LogP) is 0.196. The third-order valence-corrected chi connectivity index (χ3v) is 3.00. The van der Waals surface area contributed by atoms with Gasteiger partial charge in [0.2, 0.25) is 5.91 Å². The van der Waals surface area contributed by atoms with Crippen LogP contribution in [0.3, 0.4) is 0 Å². The quantitative estimate of drug-likeness (QED) is 0.685. The lowest BCUT2D eigenvalue weighted by molar-refractivity contribution is -0.122. The van der Waals surface area contributed by atoms with Crippen LogP contribution in [0.15, 0.2) is 0 Å². The number of nitrogens with one attached hydrogen (secondary N) is 2. The summed E-state index contributed by atoms with van der Waals surface area (Å²) in [6.45, 7) is 5.74. The Bertz CT molecular complexity index is 196. The van der Waals surface area contributed by atoms with Gasteiger partial charge in [0, 0.05) is 19.6 Å². The van der Waals surface area contributed by atoms with Crippen molar-refractivity contribution < 1.29 is 4.79 Å². The molecule has 0 saturated carbocycles. The van der Waals surface area contributed by atoms with E-state index in [-0.39, 0.29) is 5.91 Å². The van der Waals surface area contributed by atoms with Gasteiger partial charge in [-0.15, -0.1) is 0 Å². The zero-order chi connectivity index (χ0) is 11.1. The molecule has 0 radical (unpaired) electrons. The Balaban J connectivity index is 2.38. The summed E-state index contributed by atoms with van der Waals surface area (Å²) >= 11 is 0. The van der Waals surface area contributed by atoms with Gasteiger partial charge in [-0.25, -0.2) is 0 Å². The van der Waals surface area contributed by atoms with E-state index in [2.05, 4.69) is 22.5 Å². The molecule has 0 spiro atoms. The molecule has 1 aliphatic heterocycles. The number of nitrogens with zero attached hydrogens (tertiary/aromatic N) is 1. The Kier molecular flexibility index (Phi) is 5.65. The number of carbonyl (C=O) groups is 1. The van der Waals surface area contributed by atoms with Crippen LogP contribution in [0.25, 0.3) is 0 Å². The van der Waals surface area contributed by atoms with Crippen molar-refractivity contribution in [2.24, 2.45) is 0 Å². The first-order valence-electron chi connectivity index (χ1n) is 5.93. The van der Waals surface area contributed by atoms with Gasteiger partial charge in [0.1, 0.15) is 0 Å². The van der Waals surface area contributed by atoms with Gasteiger partial charge in [0.05, 0.1) is 6.54 Å². The van der Waals surface area contributed by atoms with Crippen molar-refractivity contribution in [2.45, 2.75) is 32.2 Å². The number of hydrogen-bond acceptors (Lipinski definition) is 3. The van der Waals surface area contributed by atoms with E-state index >= 15 is 0 Å². The summed E-state index contributed by atoms with van der Waals surface area (Å²) in [5, 5.41) is 6.05. The summed E-state index contributed by atoms with van der Waals surface area (Å²) in [7, 11) is 1.70. The summed E-state index contributed by atoms with van der Waals surface area (Å²) in [4.78, 5) is 13.6. The second kappa shape index (κ2) is 6.80. The topological polar surface area (TPSA) is 44.4 Å². The lowest BCUT2D eigenvalue weighted by Crippen LogP contribution is -2.49. The second-order valence-corrected chi connectivity index (χ2v) is 4.10. The molecule has 4 nitrogen and oxygen atoms in total. The predicted molar refractivity (Wildman–Crippen MR) is 61.8 cm³/mol. The monoisotopic (exact) mass is 213 g/mol. The van der Waals surface area contributed by atoms with E-state index in [4.69, 9.17) is 0 Å². The zero-order valence-corrected chi connectivity index (χ0v) is 9.88. The zero-order valence-electron chi connectivity index (χ0n) is 9.88. The molecule has 2 N–H and O–H groups in total. The summed E-state index contributed by atoms with van der Waals surface area (Å²) in [6, 6.07) is 0.538. The number of amides is 1. The Hall–Kier alpha value is -0.610. The minimum absolute atomic E-state index is 0.124. The molecule has 1 aliphatic rings. The summed E-state index contributed by atoms with van der Waals surface area (Å²) in [6.07, 6.45) is 3.73. The number of piperidine rings is 1. The maximum absolute atomic E-state index is 11.3. The molecular formula is C11H23N3O. The highest BCUT2D eigenvalue weighted by atomic mass is 16.1. The molecule has 1 unspecified atom stereocenters. The van der Waals surface area contributed by atoms with Crippen LogP contribution in [0.4, 0.5) is 0 Å². The summed E-state index contributed by atoms with van der Waals surface area (Å²) < 4.78 is 0. The lowest BCUT2D eigenvalue weighted by Gasteiger charge is -2.35. The molecular weight excluding hydrogens is 190 g/mol. The van der Waals surface area contributed by atoms with Crippen molar-refractivity contribution in [1.29, 1.82) is 0 Å². The highest BCUT2D eigenvalue weighted by Gasteiger charge is 2.23. The number of hydrogen-bond donors (Lipinski definition) is 2. The van der Waals surface area contributed by atoms with Crippen LogP contribution in [-0.4, -0.2) is 50.1 Å². The first-order valence-corrected chi connectivity index (χ1v) is 5.93. The van der Waals surface area contributed by atoms with Gasteiger partial charge in [-0.2, -0.15) is 0 Å². The maximum atomic E-state index is 11.3. The molecule has 1 amide bonds. The van der Waals surface area contributed by atoms with Gasteiger partial charge < -0.3 is 10.6 Å². The van der Waals surface area contributed by atoms with Crippen molar-refractivity contribution in [3.05, 3.63) is 0 Å². The normalized spacial score (nSPS) is 22.7. The van der Waals surface area contributed by atoms with E-state index in [1.54, 1.807) is 7.05 Å². The van der Waals surface area contributed by atoms with Crippen LogP contribution in [0.2, 0.25) is 0 Å². The fourth-order valence-electron chi connectivity index (χ4n) is 2.07. The van der Waals surface area contributed by atoms with Crippen molar-refractivity contribution >= 4 is 5.91 Å². The van der Waals surface area contributed by atoms with E-state index in [9.17, 15) is 4.79 Å². The molecule has 88 valence electrons. The highest BCUT2D eigenvalue weighted by molar-refractivity contribution is 5.77. The highest BCUT2D eigenvalue weighted by Crippen LogP contribution is 2.15. The minimum atomic E-state index is 0.124. The first-order chi connectivity index (χ1) is 7.27. The summed E-state index contributed by atoms with van der Waals surface area (Å²) in [5.74, 6) is 0.124. The fourth-order valence-corrected chi connectivity index (χ4v) is 2.07. The first kappa shape index (κ1) is 12.5. The van der Waals surface area contributed by atoms with Gasteiger partial charge in [-0.3, -0.25) is 9.69 Å². The minimum Gasteiger partial charge on any atom is -0.358 e. The van der Waals surface area contributed by atoms with Crippen molar-refractivity contribution in [1.82, 2.24) is 15.5 Å². The lowest BCUT2D eigenvalue weighted by atomic mass is 10.0. The van der Waals surface area contributed by atoms with Crippen LogP contribution >= 0.6 is 0 Å². The average molecular weight is 213 g/mol. The van der Waals surface area contributed by atoms with Crippen molar-refractivity contribution in [2.75, 3.05) is 33.2 Å². The molecule has 1 atom stereocenters. The number of rotatable bonds is 5. The largest absolute Gasteiger partial charge is 0.358 e. The molecule has 0 aromatic carbocycles. The molecule has 0 bridgehead atoms. The molecule has 1 fully saturated rings. The molecule has 1 saturated heterocycles.